The Hall–Kier alpha value is -1.63. The summed E-state index contributed by atoms with van der Waals surface area (Å²) in [7, 11) is 0. The summed E-state index contributed by atoms with van der Waals surface area (Å²) >= 11 is 0.557. The summed E-state index contributed by atoms with van der Waals surface area (Å²) in [6, 6.07) is 0. The van der Waals surface area contributed by atoms with Crippen LogP contribution in [0, 0.1) is 0 Å². The fourth-order valence-electron chi connectivity index (χ4n) is 0.606. The molecule has 0 spiro atoms. The monoisotopic (exact) mass is 188 g/mol. The van der Waals surface area contributed by atoms with Crippen LogP contribution in [0.25, 0.3) is 0 Å². The molecule has 0 aromatic carbocycles. The van der Waals surface area contributed by atoms with Gasteiger partial charge in [-0.15, -0.1) is 0 Å². The van der Waals surface area contributed by atoms with Crippen molar-refractivity contribution in [2.45, 2.75) is 0 Å². The van der Waals surface area contributed by atoms with E-state index in [1.54, 1.807) is 0 Å². The lowest BCUT2D eigenvalue weighted by Gasteiger charge is -1.90. The number of hydrogen-bond donors (Lipinski definition) is 3. The number of nitrogen functional groups attached to an aromatic ring is 1. The Bertz CT molecular complexity index is 314. The zero-order chi connectivity index (χ0) is 9.30. The lowest BCUT2D eigenvalue weighted by Crippen LogP contribution is -2.04. The molecule has 0 unspecified atom stereocenters. The van der Waals surface area contributed by atoms with E-state index in [0.29, 0.717) is 11.5 Å². The molecule has 0 aliphatic carbocycles. The highest BCUT2D eigenvalue weighted by Gasteiger charge is 2.20. The Kier molecular flexibility index (Phi) is 1.96. The third-order valence-corrected chi connectivity index (χ3v) is 1.98. The first-order valence-corrected chi connectivity index (χ1v) is 3.53. The molecule has 0 atom stereocenters. The van der Waals surface area contributed by atoms with E-state index in [1.165, 1.54) is 0 Å². The Balaban J connectivity index is 3.22. The van der Waals surface area contributed by atoms with Gasteiger partial charge < -0.3 is 15.9 Å². The van der Waals surface area contributed by atoms with Crippen molar-refractivity contribution >= 4 is 29.2 Å². The van der Waals surface area contributed by atoms with Crippen LogP contribution in [-0.4, -0.2) is 26.5 Å². The molecule has 0 fully saturated rings. The lowest BCUT2D eigenvalue weighted by atomic mass is 10.3. The van der Waals surface area contributed by atoms with Gasteiger partial charge in [-0.05, 0) is 11.5 Å². The molecular formula is C5H4N2O4S. The molecule has 7 heteroatoms. The van der Waals surface area contributed by atoms with Crippen molar-refractivity contribution in [2.24, 2.45) is 0 Å². The van der Waals surface area contributed by atoms with Crippen LogP contribution >= 0.6 is 11.5 Å². The highest BCUT2D eigenvalue weighted by Crippen LogP contribution is 2.20. The average molecular weight is 188 g/mol. The summed E-state index contributed by atoms with van der Waals surface area (Å²) in [5.74, 6) is -2.59. The van der Waals surface area contributed by atoms with E-state index in [1.807, 2.05) is 0 Å². The van der Waals surface area contributed by atoms with Gasteiger partial charge in [-0.25, -0.2) is 9.59 Å². The van der Waals surface area contributed by atoms with Crippen molar-refractivity contribution in [3.05, 3.63) is 10.6 Å². The van der Waals surface area contributed by atoms with E-state index in [-0.39, 0.29) is 10.6 Å². The van der Waals surface area contributed by atoms with Crippen molar-refractivity contribution in [3.8, 4) is 0 Å². The van der Waals surface area contributed by atoms with Crippen molar-refractivity contribution < 1.29 is 19.8 Å². The summed E-state index contributed by atoms with van der Waals surface area (Å²) < 4.78 is 3.37. The number of carboxylic acids is 2. The molecule has 1 aromatic rings. The Morgan fingerprint density at radius 2 is 1.92 bits per heavy atom. The van der Waals surface area contributed by atoms with Crippen LogP contribution in [0.1, 0.15) is 20.2 Å². The molecule has 64 valence electrons. The van der Waals surface area contributed by atoms with Crippen molar-refractivity contribution in [1.82, 2.24) is 4.37 Å². The maximum Gasteiger partial charge on any atom is 0.357 e. The van der Waals surface area contributed by atoms with Gasteiger partial charge in [-0.3, -0.25) is 0 Å². The standard InChI is InChI=1S/C5H4N2O4S/c6-1-2(4(8)9)7-12-3(1)5(10)11/h6H2,(H,8,9)(H,10,11). The minimum absolute atomic E-state index is 0.243. The summed E-state index contributed by atoms with van der Waals surface area (Å²) in [4.78, 5) is 20.4. The van der Waals surface area contributed by atoms with Gasteiger partial charge in [-0.1, -0.05) is 0 Å². The number of nitrogens with two attached hydrogens (primary N) is 1. The summed E-state index contributed by atoms with van der Waals surface area (Å²) in [6.07, 6.45) is 0. The molecule has 1 heterocycles. The van der Waals surface area contributed by atoms with Crippen LogP contribution in [0.15, 0.2) is 0 Å². The topological polar surface area (TPSA) is 114 Å². The number of aromatic nitrogens is 1. The van der Waals surface area contributed by atoms with Gasteiger partial charge in [0.05, 0.1) is 5.69 Å². The predicted molar refractivity (Wildman–Crippen MR) is 40.4 cm³/mol. The Morgan fingerprint density at radius 3 is 2.17 bits per heavy atom. The average Bonchev–Trinajstić information content (AvgIpc) is 2.30. The van der Waals surface area contributed by atoms with Gasteiger partial charge in [-0.2, -0.15) is 4.37 Å². The fourth-order valence-corrected chi connectivity index (χ4v) is 1.24. The van der Waals surface area contributed by atoms with Crippen LogP contribution in [0.2, 0.25) is 0 Å². The minimum atomic E-state index is -1.32. The number of hydrogen-bond acceptors (Lipinski definition) is 5. The molecule has 12 heavy (non-hydrogen) atoms. The highest BCUT2D eigenvalue weighted by molar-refractivity contribution is 7.08. The molecule has 0 aliphatic heterocycles. The third kappa shape index (κ3) is 1.21. The molecule has 4 N–H and O–H groups in total. The van der Waals surface area contributed by atoms with E-state index in [0.717, 1.165) is 0 Å². The second-order valence-corrected chi connectivity index (χ2v) is 2.66. The molecular weight excluding hydrogens is 184 g/mol. The lowest BCUT2D eigenvalue weighted by molar-refractivity contribution is 0.0691. The van der Waals surface area contributed by atoms with Crippen molar-refractivity contribution in [2.75, 3.05) is 5.73 Å². The molecule has 0 bridgehead atoms. The molecule has 0 radical (unpaired) electrons. The van der Waals surface area contributed by atoms with Crippen LogP contribution < -0.4 is 5.73 Å². The number of aromatic carboxylic acids is 2. The molecule has 0 saturated carbocycles. The quantitative estimate of drug-likeness (QED) is 0.607. The van der Waals surface area contributed by atoms with Gasteiger partial charge in [0, 0.05) is 0 Å². The highest BCUT2D eigenvalue weighted by atomic mass is 32.1. The van der Waals surface area contributed by atoms with E-state index in [9.17, 15) is 9.59 Å². The largest absolute Gasteiger partial charge is 0.477 e. The molecule has 0 amide bonds. The van der Waals surface area contributed by atoms with Crippen LogP contribution in [0.3, 0.4) is 0 Å². The summed E-state index contributed by atoms with van der Waals surface area (Å²) in [5, 5.41) is 16.9. The Morgan fingerprint density at radius 1 is 1.33 bits per heavy atom. The normalized spacial score (nSPS) is 9.67. The minimum Gasteiger partial charge on any atom is -0.477 e. The second-order valence-electron chi connectivity index (χ2n) is 1.88. The van der Waals surface area contributed by atoms with Crippen LogP contribution in [0.5, 0.6) is 0 Å². The predicted octanol–water partition coefficient (Wildman–Crippen LogP) is 0.122. The van der Waals surface area contributed by atoms with Gasteiger partial charge >= 0.3 is 11.9 Å². The third-order valence-electron chi connectivity index (χ3n) is 1.12. The smallest absolute Gasteiger partial charge is 0.357 e. The molecule has 1 rings (SSSR count). The van der Waals surface area contributed by atoms with Crippen molar-refractivity contribution in [1.29, 1.82) is 0 Å². The van der Waals surface area contributed by atoms with Gasteiger partial charge in [0.2, 0.25) is 0 Å². The molecule has 6 nitrogen and oxygen atoms in total. The first kappa shape index (κ1) is 8.47. The van der Waals surface area contributed by atoms with Crippen LogP contribution in [-0.2, 0) is 0 Å². The van der Waals surface area contributed by atoms with E-state index in [4.69, 9.17) is 15.9 Å². The molecule has 0 saturated heterocycles. The van der Waals surface area contributed by atoms with E-state index < -0.39 is 17.6 Å². The maximum absolute atomic E-state index is 10.4. The van der Waals surface area contributed by atoms with Crippen molar-refractivity contribution in [3.63, 3.8) is 0 Å². The van der Waals surface area contributed by atoms with E-state index in [2.05, 4.69) is 4.37 Å². The maximum atomic E-state index is 10.4. The molecule has 0 aliphatic rings. The zero-order valence-electron chi connectivity index (χ0n) is 5.64. The zero-order valence-corrected chi connectivity index (χ0v) is 6.46. The van der Waals surface area contributed by atoms with Gasteiger partial charge in [0.15, 0.2) is 10.6 Å². The Labute approximate surface area is 70.4 Å². The number of nitrogens with zero attached hydrogens (tertiary/aromatic N) is 1. The first-order chi connectivity index (χ1) is 5.54. The number of carbonyl (C=O) groups is 2. The number of rotatable bonds is 2. The summed E-state index contributed by atoms with van der Waals surface area (Å²) in [6.45, 7) is 0. The second kappa shape index (κ2) is 2.78. The van der Waals surface area contributed by atoms with Crippen LogP contribution in [0.4, 0.5) is 5.69 Å². The SMILES string of the molecule is Nc1c(C(=O)O)nsc1C(=O)O. The molecule has 1 aromatic heterocycles. The summed E-state index contributed by atoms with van der Waals surface area (Å²) in [5.41, 5.74) is 4.49. The first-order valence-electron chi connectivity index (χ1n) is 2.75. The van der Waals surface area contributed by atoms with Gasteiger partial charge in [0.25, 0.3) is 0 Å². The fraction of sp³-hybridized carbons (Fsp3) is 0. The number of carboxylic acid groups (broad SMARTS) is 2. The number of anilines is 1. The van der Waals surface area contributed by atoms with Gasteiger partial charge in [0.1, 0.15) is 0 Å². The van der Waals surface area contributed by atoms with E-state index >= 15 is 0 Å².